The minimum atomic E-state index is -0.841. The molecule has 1 aliphatic rings. The second kappa shape index (κ2) is 2.80. The van der Waals surface area contributed by atoms with Crippen LogP contribution in [0.15, 0.2) is 18.2 Å². The van der Waals surface area contributed by atoms with Crippen molar-refractivity contribution in [2.45, 2.75) is 25.2 Å². The molecule has 1 aromatic carbocycles. The maximum absolute atomic E-state index is 13.0. The van der Waals surface area contributed by atoms with Gasteiger partial charge in [-0.25, -0.2) is 4.39 Å². The molecule has 0 heterocycles. The van der Waals surface area contributed by atoms with Crippen molar-refractivity contribution < 1.29 is 14.3 Å². The molecule has 0 spiro atoms. The summed E-state index contributed by atoms with van der Waals surface area (Å²) in [6.45, 7) is 1.82. The fourth-order valence-electron chi connectivity index (χ4n) is 1.83. The highest BCUT2D eigenvalue weighted by Crippen LogP contribution is 2.49. The van der Waals surface area contributed by atoms with E-state index < -0.39 is 11.4 Å². The third-order valence-electron chi connectivity index (χ3n) is 2.87. The number of aryl methyl sites for hydroxylation is 1. The number of hydrogen-bond donors (Lipinski definition) is 1. The van der Waals surface area contributed by atoms with Crippen molar-refractivity contribution in [3.8, 4) is 0 Å². The molecule has 0 aliphatic heterocycles. The highest BCUT2D eigenvalue weighted by molar-refractivity contribution is 5.85. The molecule has 0 amide bonds. The van der Waals surface area contributed by atoms with Crippen molar-refractivity contribution in [1.29, 1.82) is 0 Å². The van der Waals surface area contributed by atoms with Gasteiger partial charge in [0.2, 0.25) is 0 Å². The number of carbonyl (C=O) groups is 1. The number of hydrogen-bond acceptors (Lipinski definition) is 1. The van der Waals surface area contributed by atoms with E-state index in [1.165, 1.54) is 12.1 Å². The van der Waals surface area contributed by atoms with Crippen LogP contribution in [0.3, 0.4) is 0 Å². The fourth-order valence-corrected chi connectivity index (χ4v) is 1.83. The van der Waals surface area contributed by atoms with Gasteiger partial charge in [-0.15, -0.1) is 0 Å². The lowest BCUT2D eigenvalue weighted by molar-refractivity contribution is -0.140. The lowest BCUT2D eigenvalue weighted by Gasteiger charge is -2.13. The molecule has 0 unspecified atom stereocenters. The van der Waals surface area contributed by atoms with Gasteiger partial charge in [0, 0.05) is 0 Å². The first-order valence-corrected chi connectivity index (χ1v) is 4.56. The van der Waals surface area contributed by atoms with Crippen LogP contribution in [0.5, 0.6) is 0 Å². The molecular formula is C11H11FO2. The van der Waals surface area contributed by atoms with Gasteiger partial charge in [-0.2, -0.15) is 0 Å². The molecule has 0 bridgehead atoms. The zero-order chi connectivity index (χ0) is 10.3. The van der Waals surface area contributed by atoms with Crippen molar-refractivity contribution in [2.24, 2.45) is 0 Å². The Morgan fingerprint density at radius 1 is 1.50 bits per heavy atom. The molecule has 2 nitrogen and oxygen atoms in total. The van der Waals surface area contributed by atoms with E-state index in [1.54, 1.807) is 6.07 Å². The highest BCUT2D eigenvalue weighted by atomic mass is 19.1. The number of benzene rings is 1. The minimum absolute atomic E-state index is 0.363. The molecule has 0 aromatic heterocycles. The standard InChI is InChI=1S/C11H11FO2/c1-7-2-3-8(12)6-9(7)11(4-5-11)10(13)14/h2-3,6H,4-5H2,1H3,(H,13,14). The number of carboxylic acids is 1. The van der Waals surface area contributed by atoms with E-state index in [0.29, 0.717) is 18.4 Å². The van der Waals surface area contributed by atoms with Crippen molar-refractivity contribution >= 4 is 5.97 Å². The zero-order valence-electron chi connectivity index (χ0n) is 7.88. The average molecular weight is 194 g/mol. The van der Waals surface area contributed by atoms with E-state index in [0.717, 1.165) is 5.56 Å². The van der Waals surface area contributed by atoms with Crippen molar-refractivity contribution in [3.63, 3.8) is 0 Å². The minimum Gasteiger partial charge on any atom is -0.481 e. The fraction of sp³-hybridized carbons (Fsp3) is 0.364. The Hall–Kier alpha value is -1.38. The van der Waals surface area contributed by atoms with E-state index in [2.05, 4.69) is 0 Å². The van der Waals surface area contributed by atoms with E-state index in [9.17, 15) is 9.18 Å². The van der Waals surface area contributed by atoms with Gasteiger partial charge < -0.3 is 5.11 Å². The summed E-state index contributed by atoms with van der Waals surface area (Å²) >= 11 is 0. The first kappa shape index (κ1) is 9.19. The maximum atomic E-state index is 13.0. The first-order chi connectivity index (χ1) is 6.56. The van der Waals surface area contributed by atoms with Gasteiger partial charge in [0.25, 0.3) is 0 Å². The quantitative estimate of drug-likeness (QED) is 0.784. The van der Waals surface area contributed by atoms with Gasteiger partial charge in [-0.05, 0) is 43.0 Å². The molecule has 1 saturated carbocycles. The van der Waals surface area contributed by atoms with Crippen molar-refractivity contribution in [1.82, 2.24) is 0 Å². The number of carboxylic acid groups (broad SMARTS) is 1. The summed E-state index contributed by atoms with van der Waals surface area (Å²) in [7, 11) is 0. The summed E-state index contributed by atoms with van der Waals surface area (Å²) in [6, 6.07) is 4.33. The summed E-state index contributed by atoms with van der Waals surface area (Å²) in [5.41, 5.74) is 0.683. The van der Waals surface area contributed by atoms with Crippen molar-refractivity contribution in [2.75, 3.05) is 0 Å². The van der Waals surface area contributed by atoms with Crippen LogP contribution in [0.4, 0.5) is 4.39 Å². The smallest absolute Gasteiger partial charge is 0.314 e. The molecular weight excluding hydrogens is 183 g/mol. The third kappa shape index (κ3) is 1.20. The van der Waals surface area contributed by atoms with Crippen LogP contribution in [0.1, 0.15) is 24.0 Å². The molecule has 74 valence electrons. The Labute approximate surface area is 81.4 Å². The van der Waals surface area contributed by atoms with E-state index in [4.69, 9.17) is 5.11 Å². The van der Waals surface area contributed by atoms with Crippen LogP contribution in [0, 0.1) is 12.7 Å². The zero-order valence-corrected chi connectivity index (χ0v) is 7.88. The van der Waals surface area contributed by atoms with Gasteiger partial charge in [0.05, 0.1) is 5.41 Å². The molecule has 1 aromatic rings. The lowest BCUT2D eigenvalue weighted by atomic mass is 9.92. The second-order valence-electron chi connectivity index (χ2n) is 3.85. The molecule has 1 fully saturated rings. The Morgan fingerprint density at radius 2 is 2.14 bits per heavy atom. The van der Waals surface area contributed by atoms with E-state index >= 15 is 0 Å². The van der Waals surface area contributed by atoms with Crippen LogP contribution in [-0.4, -0.2) is 11.1 Å². The van der Waals surface area contributed by atoms with Crippen LogP contribution >= 0.6 is 0 Å². The monoisotopic (exact) mass is 194 g/mol. The SMILES string of the molecule is Cc1ccc(F)cc1C1(C(=O)O)CC1. The molecule has 14 heavy (non-hydrogen) atoms. The molecule has 2 rings (SSSR count). The normalized spacial score (nSPS) is 17.9. The predicted octanol–water partition coefficient (Wildman–Crippen LogP) is 2.25. The summed E-state index contributed by atoms with van der Waals surface area (Å²) in [4.78, 5) is 11.0. The molecule has 3 heteroatoms. The third-order valence-corrected chi connectivity index (χ3v) is 2.87. The van der Waals surface area contributed by atoms with Gasteiger partial charge in [-0.3, -0.25) is 4.79 Å². The summed E-state index contributed by atoms with van der Waals surface area (Å²) in [5.74, 6) is -1.20. The number of aliphatic carboxylic acids is 1. The van der Waals surface area contributed by atoms with Crippen LogP contribution in [0.25, 0.3) is 0 Å². The van der Waals surface area contributed by atoms with Gasteiger partial charge in [-0.1, -0.05) is 6.07 Å². The second-order valence-corrected chi connectivity index (χ2v) is 3.85. The van der Waals surface area contributed by atoms with E-state index in [1.807, 2.05) is 6.92 Å². The molecule has 0 radical (unpaired) electrons. The summed E-state index contributed by atoms with van der Waals surface area (Å²) < 4.78 is 13.0. The van der Waals surface area contributed by atoms with Crippen LogP contribution in [0.2, 0.25) is 0 Å². The predicted molar refractivity (Wildman–Crippen MR) is 49.7 cm³/mol. The highest BCUT2D eigenvalue weighted by Gasteiger charge is 2.52. The molecule has 0 atom stereocenters. The topological polar surface area (TPSA) is 37.3 Å². The van der Waals surface area contributed by atoms with Gasteiger partial charge in [0.1, 0.15) is 5.82 Å². The number of halogens is 1. The van der Waals surface area contributed by atoms with E-state index in [-0.39, 0.29) is 5.82 Å². The van der Waals surface area contributed by atoms with Gasteiger partial charge in [0.15, 0.2) is 0 Å². The van der Waals surface area contributed by atoms with Crippen molar-refractivity contribution in [3.05, 3.63) is 35.1 Å². The molecule has 1 N–H and O–H groups in total. The van der Waals surface area contributed by atoms with Crippen LogP contribution < -0.4 is 0 Å². The Balaban J connectivity index is 2.51. The lowest BCUT2D eigenvalue weighted by Crippen LogP contribution is -2.20. The van der Waals surface area contributed by atoms with Crippen LogP contribution in [-0.2, 0) is 10.2 Å². The Morgan fingerprint density at radius 3 is 2.64 bits per heavy atom. The molecule has 0 saturated heterocycles. The summed E-state index contributed by atoms with van der Waals surface area (Å²) in [5, 5.41) is 9.05. The Kier molecular flexibility index (Phi) is 1.84. The number of rotatable bonds is 2. The largest absolute Gasteiger partial charge is 0.481 e. The van der Waals surface area contributed by atoms with Gasteiger partial charge >= 0.3 is 5.97 Å². The Bertz CT molecular complexity index is 394. The summed E-state index contributed by atoms with van der Waals surface area (Å²) in [6.07, 6.45) is 1.24. The molecule has 1 aliphatic carbocycles. The average Bonchev–Trinajstić information content (AvgIpc) is 2.90. The maximum Gasteiger partial charge on any atom is 0.314 e. The first-order valence-electron chi connectivity index (χ1n) is 4.56.